The number of hydrogen-bond donors (Lipinski definition) is 0. The zero-order valence-electron chi connectivity index (χ0n) is 9.45. The maximum atomic E-state index is 12.0. The Labute approximate surface area is 109 Å². The molecule has 0 aliphatic rings. The summed E-state index contributed by atoms with van der Waals surface area (Å²) in [6.45, 7) is 1.81. The Morgan fingerprint density at radius 1 is 1.22 bits per heavy atom. The molecule has 0 aliphatic carbocycles. The van der Waals surface area contributed by atoms with Gasteiger partial charge in [0.2, 0.25) is 0 Å². The number of hydrogen-bond acceptors (Lipinski definition) is 5. The molecule has 0 amide bonds. The summed E-state index contributed by atoms with van der Waals surface area (Å²) in [6.07, 6.45) is 0. The number of aryl methyl sites for hydroxylation is 1. The van der Waals surface area contributed by atoms with E-state index in [0.717, 1.165) is 16.2 Å². The molecule has 1 aromatic carbocycles. The fourth-order valence-electron chi connectivity index (χ4n) is 1.34. The predicted octanol–water partition coefficient (Wildman–Crippen LogP) is 2.70. The van der Waals surface area contributed by atoms with Crippen LogP contribution in [0.1, 0.15) is 10.4 Å². The minimum atomic E-state index is -3.86. The standard InChI is InChI=1S/C12H9NO3S2/c1-9-6-7-12(17-9)18(14,15)16-11-5-3-2-4-10(11)8-13/h2-7H,1H3. The molecule has 1 aromatic heterocycles. The highest BCUT2D eigenvalue weighted by molar-refractivity contribution is 7.89. The van der Waals surface area contributed by atoms with Crippen LogP contribution in [0.5, 0.6) is 5.75 Å². The van der Waals surface area contributed by atoms with Gasteiger partial charge in [0.1, 0.15) is 6.07 Å². The van der Waals surface area contributed by atoms with Crippen LogP contribution in [0.4, 0.5) is 0 Å². The van der Waals surface area contributed by atoms with Crippen molar-refractivity contribution in [3.05, 3.63) is 46.8 Å². The van der Waals surface area contributed by atoms with Crippen molar-refractivity contribution in [2.24, 2.45) is 0 Å². The Morgan fingerprint density at radius 2 is 1.94 bits per heavy atom. The third-order valence-electron chi connectivity index (χ3n) is 2.17. The molecular weight excluding hydrogens is 270 g/mol. The largest absolute Gasteiger partial charge is 0.377 e. The molecule has 0 saturated carbocycles. The average molecular weight is 279 g/mol. The molecule has 6 heteroatoms. The van der Waals surface area contributed by atoms with Crippen LogP contribution in [-0.4, -0.2) is 8.42 Å². The van der Waals surface area contributed by atoms with Crippen molar-refractivity contribution in [2.75, 3.05) is 0 Å². The van der Waals surface area contributed by atoms with Gasteiger partial charge < -0.3 is 4.18 Å². The Hall–Kier alpha value is -1.84. The smallest absolute Gasteiger partial charge is 0.348 e. The second-order valence-electron chi connectivity index (χ2n) is 3.51. The summed E-state index contributed by atoms with van der Waals surface area (Å²) in [6, 6.07) is 11.3. The molecule has 2 rings (SSSR count). The summed E-state index contributed by atoms with van der Waals surface area (Å²) in [5.74, 6) is 0.0473. The summed E-state index contributed by atoms with van der Waals surface area (Å²) in [5.41, 5.74) is 0.189. The molecule has 2 aromatic rings. The Bertz CT molecular complexity index is 711. The minimum absolute atomic E-state index is 0.0473. The first-order valence-electron chi connectivity index (χ1n) is 5.03. The SMILES string of the molecule is Cc1ccc(S(=O)(=O)Oc2ccccc2C#N)s1. The number of thiophene rings is 1. The molecule has 92 valence electrons. The van der Waals surface area contributed by atoms with Gasteiger partial charge in [-0.2, -0.15) is 13.7 Å². The predicted molar refractivity (Wildman–Crippen MR) is 68.0 cm³/mol. The van der Waals surface area contributed by atoms with Crippen LogP contribution in [0.3, 0.4) is 0 Å². The molecule has 0 atom stereocenters. The van der Waals surface area contributed by atoms with E-state index in [1.54, 1.807) is 18.2 Å². The lowest BCUT2D eigenvalue weighted by molar-refractivity contribution is 0.487. The third-order valence-corrected chi connectivity index (χ3v) is 4.85. The van der Waals surface area contributed by atoms with Crippen molar-refractivity contribution < 1.29 is 12.6 Å². The van der Waals surface area contributed by atoms with Crippen LogP contribution in [0.25, 0.3) is 0 Å². The van der Waals surface area contributed by atoms with Gasteiger partial charge in [-0.15, -0.1) is 11.3 Å². The Balaban J connectivity index is 2.37. The van der Waals surface area contributed by atoms with Crippen LogP contribution < -0.4 is 4.18 Å². The van der Waals surface area contributed by atoms with E-state index in [-0.39, 0.29) is 15.5 Å². The fourth-order valence-corrected chi connectivity index (χ4v) is 3.53. The van der Waals surface area contributed by atoms with E-state index in [1.807, 2.05) is 13.0 Å². The molecule has 1 heterocycles. The van der Waals surface area contributed by atoms with Gasteiger partial charge in [-0.25, -0.2) is 0 Å². The van der Waals surface area contributed by atoms with Crippen molar-refractivity contribution in [2.45, 2.75) is 11.1 Å². The van der Waals surface area contributed by atoms with E-state index in [4.69, 9.17) is 9.44 Å². The fraction of sp³-hybridized carbons (Fsp3) is 0.0833. The molecule has 0 bridgehead atoms. The van der Waals surface area contributed by atoms with Crippen molar-refractivity contribution in [1.82, 2.24) is 0 Å². The summed E-state index contributed by atoms with van der Waals surface area (Å²) in [7, 11) is -3.86. The van der Waals surface area contributed by atoms with Gasteiger partial charge in [-0.3, -0.25) is 0 Å². The van der Waals surface area contributed by atoms with Gasteiger partial charge in [0.15, 0.2) is 9.96 Å². The number of benzene rings is 1. The number of rotatable bonds is 3. The van der Waals surface area contributed by atoms with Gasteiger partial charge in [0.05, 0.1) is 5.56 Å². The molecule has 0 spiro atoms. The van der Waals surface area contributed by atoms with E-state index < -0.39 is 10.1 Å². The monoisotopic (exact) mass is 279 g/mol. The van der Waals surface area contributed by atoms with Gasteiger partial charge in [0.25, 0.3) is 0 Å². The van der Waals surface area contributed by atoms with Gasteiger partial charge in [-0.1, -0.05) is 12.1 Å². The highest BCUT2D eigenvalue weighted by atomic mass is 32.3. The van der Waals surface area contributed by atoms with Crippen LogP contribution >= 0.6 is 11.3 Å². The van der Waals surface area contributed by atoms with E-state index in [2.05, 4.69) is 0 Å². The molecule has 4 nitrogen and oxygen atoms in total. The molecule has 0 fully saturated rings. The van der Waals surface area contributed by atoms with E-state index in [0.29, 0.717) is 0 Å². The zero-order valence-corrected chi connectivity index (χ0v) is 11.1. The topological polar surface area (TPSA) is 67.2 Å². The van der Waals surface area contributed by atoms with Gasteiger partial charge >= 0.3 is 10.1 Å². The second kappa shape index (κ2) is 4.80. The molecule has 0 unspecified atom stereocenters. The summed E-state index contributed by atoms with van der Waals surface area (Å²) >= 11 is 1.13. The molecule has 0 aliphatic heterocycles. The molecule has 0 saturated heterocycles. The quantitative estimate of drug-likeness (QED) is 0.810. The van der Waals surface area contributed by atoms with Crippen molar-refractivity contribution in [3.63, 3.8) is 0 Å². The maximum absolute atomic E-state index is 12.0. The number of nitrogens with zero attached hydrogens (tertiary/aromatic N) is 1. The lowest BCUT2D eigenvalue weighted by Gasteiger charge is -2.06. The first kappa shape index (κ1) is 12.6. The third kappa shape index (κ3) is 2.53. The van der Waals surface area contributed by atoms with E-state index >= 15 is 0 Å². The average Bonchev–Trinajstić information content (AvgIpc) is 2.77. The normalized spacial score (nSPS) is 10.9. The molecular formula is C12H9NO3S2. The molecule has 18 heavy (non-hydrogen) atoms. The lowest BCUT2D eigenvalue weighted by atomic mass is 10.2. The van der Waals surface area contributed by atoms with Crippen LogP contribution in [0.2, 0.25) is 0 Å². The highest BCUT2D eigenvalue weighted by Crippen LogP contribution is 2.26. The van der Waals surface area contributed by atoms with Crippen molar-refractivity contribution in [3.8, 4) is 11.8 Å². The van der Waals surface area contributed by atoms with E-state index in [9.17, 15) is 8.42 Å². The summed E-state index contributed by atoms with van der Waals surface area (Å²) in [5, 5.41) is 8.87. The summed E-state index contributed by atoms with van der Waals surface area (Å²) in [4.78, 5) is 0.880. The number of nitriles is 1. The van der Waals surface area contributed by atoms with Gasteiger partial charge in [0, 0.05) is 4.88 Å². The van der Waals surface area contributed by atoms with Gasteiger partial charge in [-0.05, 0) is 31.2 Å². The van der Waals surface area contributed by atoms with Crippen LogP contribution in [-0.2, 0) is 10.1 Å². The molecule has 0 radical (unpaired) electrons. The second-order valence-corrected chi connectivity index (χ2v) is 6.57. The summed E-state index contributed by atoms with van der Waals surface area (Å²) < 4.78 is 29.0. The Morgan fingerprint density at radius 3 is 2.56 bits per heavy atom. The van der Waals surface area contributed by atoms with Crippen molar-refractivity contribution in [1.29, 1.82) is 5.26 Å². The lowest BCUT2D eigenvalue weighted by Crippen LogP contribution is -2.08. The first-order chi connectivity index (χ1) is 8.53. The van der Waals surface area contributed by atoms with Crippen molar-refractivity contribution >= 4 is 21.5 Å². The highest BCUT2D eigenvalue weighted by Gasteiger charge is 2.20. The van der Waals surface area contributed by atoms with E-state index in [1.165, 1.54) is 18.2 Å². The first-order valence-corrected chi connectivity index (χ1v) is 7.25. The van der Waals surface area contributed by atoms with Crippen LogP contribution in [0, 0.1) is 18.3 Å². The minimum Gasteiger partial charge on any atom is -0.377 e. The maximum Gasteiger partial charge on any atom is 0.348 e. The molecule has 0 N–H and O–H groups in total. The number of para-hydroxylation sites is 1. The van der Waals surface area contributed by atoms with Crippen LogP contribution in [0.15, 0.2) is 40.6 Å². The Kier molecular flexibility index (Phi) is 3.36. The zero-order chi connectivity index (χ0) is 13.2.